The van der Waals surface area contributed by atoms with Crippen molar-refractivity contribution in [1.82, 2.24) is 68.0 Å². The van der Waals surface area contributed by atoms with Crippen molar-refractivity contribution in [3.63, 3.8) is 0 Å². The van der Waals surface area contributed by atoms with Gasteiger partial charge >= 0.3 is 23.9 Å². The first kappa shape index (κ1) is 85.1. The van der Waals surface area contributed by atoms with Gasteiger partial charge in [0.05, 0.1) is 24.1 Å². The van der Waals surface area contributed by atoms with Crippen LogP contribution in [0.4, 0.5) is 0 Å². The second-order valence-electron chi connectivity index (χ2n) is 24.2. The van der Waals surface area contributed by atoms with E-state index in [1.54, 1.807) is 20.1 Å². The molecule has 0 aliphatic carbocycles. The number of likely N-dealkylation sites (tertiary alicyclic amines) is 1. The SMILES string of the molecule is CC[C@H](C)CC(=O)N[C@@H](CCC(=O)O)C(=O)N1CCC[C@H]1C(=O)N[C@H](C(=O)N[C@@H](CCC(=O)O)C(=O)N[C@@H](Cc1c[nH]cn1)C(=O)CCCCN[C@@H](CCC(=O)O)C(=O)N[C@@H](CCC(=O)O)C(=O)N[C@@H](CCO)C(=O)N[C@@H](CCCNC(=N)N)C(=O)N[C@@H](CCSC)C(N)=O)C(C)C. The van der Waals surface area contributed by atoms with E-state index in [4.69, 9.17) is 16.9 Å². The number of H-pyrrole nitrogens is 1. The van der Waals surface area contributed by atoms with Gasteiger partial charge in [-0.2, -0.15) is 11.8 Å². The van der Waals surface area contributed by atoms with Crippen LogP contribution in [0.15, 0.2) is 12.5 Å². The molecule has 11 atom stereocenters. The van der Waals surface area contributed by atoms with Crippen LogP contribution in [0.5, 0.6) is 0 Å². The van der Waals surface area contributed by atoms with Gasteiger partial charge in [0.1, 0.15) is 48.3 Å². The Morgan fingerprint density at radius 3 is 1.60 bits per heavy atom. The molecule has 37 heteroatoms. The number of thioether (sulfide) groups is 1. The molecule has 0 radical (unpaired) electrons. The molecular formula is C61H100N16O20S. The third-order valence-electron chi connectivity index (χ3n) is 16.0. The number of aromatic nitrogens is 2. The molecule has 0 spiro atoms. The summed E-state index contributed by atoms with van der Waals surface area (Å²) >= 11 is 1.38. The van der Waals surface area contributed by atoms with Crippen LogP contribution in [0, 0.1) is 17.2 Å². The molecule has 0 saturated carbocycles. The number of aliphatic hydroxyl groups excluding tert-OH is 1. The Kier molecular flexibility index (Phi) is 39.5. The summed E-state index contributed by atoms with van der Waals surface area (Å²) in [7, 11) is 0. The van der Waals surface area contributed by atoms with Crippen molar-refractivity contribution in [3.05, 3.63) is 18.2 Å². The Bertz CT molecular complexity index is 2870. The smallest absolute Gasteiger partial charge is 0.303 e. The average Bonchev–Trinajstić information content (AvgIpc) is 1.57. The van der Waals surface area contributed by atoms with Crippen LogP contribution < -0.4 is 64.6 Å². The molecule has 0 unspecified atom stereocenters. The topological polar surface area (TPSA) is 585 Å². The highest BCUT2D eigenvalue weighted by Crippen LogP contribution is 2.22. The minimum atomic E-state index is -1.69. The molecule has 550 valence electrons. The molecule has 0 aromatic carbocycles. The minimum Gasteiger partial charge on any atom is -0.481 e. The van der Waals surface area contributed by atoms with Crippen molar-refractivity contribution in [1.29, 1.82) is 5.41 Å². The average molecular weight is 1410 g/mol. The zero-order chi connectivity index (χ0) is 73.6. The van der Waals surface area contributed by atoms with E-state index in [-0.39, 0.29) is 102 Å². The maximum Gasteiger partial charge on any atom is 0.303 e. The number of unbranched alkanes of at least 4 members (excludes halogenated alkanes) is 1. The zero-order valence-corrected chi connectivity index (χ0v) is 56.9. The number of imidazole rings is 1. The van der Waals surface area contributed by atoms with Gasteiger partial charge in [0, 0.05) is 70.8 Å². The summed E-state index contributed by atoms with van der Waals surface area (Å²) in [5, 5.41) is 81.2. The van der Waals surface area contributed by atoms with Crippen LogP contribution in [-0.2, 0) is 78.3 Å². The lowest BCUT2D eigenvalue weighted by Crippen LogP contribution is -2.59. The predicted molar refractivity (Wildman–Crippen MR) is 353 cm³/mol. The molecule has 2 rings (SSSR count). The molecule has 2 heterocycles. The first-order valence-electron chi connectivity index (χ1n) is 32.6. The van der Waals surface area contributed by atoms with Gasteiger partial charge in [0.2, 0.25) is 59.1 Å². The largest absolute Gasteiger partial charge is 0.481 e. The Balaban J connectivity index is 2.31. The number of carboxylic acids is 4. The number of nitrogens with two attached hydrogens (primary N) is 2. The Hall–Kier alpha value is -9.00. The number of nitrogens with zero attached hydrogens (tertiary/aromatic N) is 2. The van der Waals surface area contributed by atoms with E-state index < -0.39 is 207 Å². The van der Waals surface area contributed by atoms with Crippen LogP contribution in [0.25, 0.3) is 0 Å². The Morgan fingerprint density at radius 1 is 0.612 bits per heavy atom. The Morgan fingerprint density at radius 2 is 1.11 bits per heavy atom. The second-order valence-corrected chi connectivity index (χ2v) is 25.2. The van der Waals surface area contributed by atoms with E-state index in [0.717, 1.165) is 0 Å². The molecule has 1 fully saturated rings. The van der Waals surface area contributed by atoms with Crippen molar-refractivity contribution in [3.8, 4) is 0 Å². The summed E-state index contributed by atoms with van der Waals surface area (Å²) in [5.41, 5.74) is 11.2. The number of nitrogens with one attached hydrogen (secondary N) is 12. The first-order valence-corrected chi connectivity index (χ1v) is 34.0. The molecular weight excluding hydrogens is 1310 g/mol. The standard InChI is InChI=1S/C61H100N16O20S/c1-6-34(4)29-46(80)69-42(17-21-50(87)88)60(97)77-26-10-12-44(77)58(95)76-51(33(2)3)59(96)74-40(16-20-49(85)86)56(93)75-43(30-35-31-65-32-68-35)45(79)13-7-8-24-66-37(14-18-47(81)82)53(90)72-39(15-19-48(83)84)55(92)73-41(22-27-78)57(94)71-38(11-9-25-67-61(63)64)54(91)70-36(52(62)89)23-28-98-5/h31-34,36-44,51,66,78H,6-30H2,1-5H3,(H2,62,89)(H,65,68)(H,69,80)(H,70,91)(H,71,94)(H,72,90)(H,73,92)(H,74,96)(H,75,93)(H,76,95)(H,81,82)(H,83,84)(H,85,86)(H,87,88)(H4,63,64,67)/t34-,36-,37-,38-,39-,40-,41-,42-,43-,44-,51-/m0/s1. The summed E-state index contributed by atoms with van der Waals surface area (Å²) in [6, 6.07) is -13.9. The van der Waals surface area contributed by atoms with Crippen LogP contribution in [0.2, 0.25) is 0 Å². The normalized spacial score (nSPS) is 15.7. The summed E-state index contributed by atoms with van der Waals surface area (Å²) in [6.45, 7) is 6.27. The number of aromatic amines is 1. The van der Waals surface area contributed by atoms with Gasteiger partial charge < -0.3 is 100 Å². The van der Waals surface area contributed by atoms with Gasteiger partial charge in [-0.25, -0.2) is 4.98 Å². The van der Waals surface area contributed by atoms with Gasteiger partial charge in [0.25, 0.3) is 0 Å². The van der Waals surface area contributed by atoms with Crippen LogP contribution in [0.3, 0.4) is 0 Å². The monoisotopic (exact) mass is 1410 g/mol. The van der Waals surface area contributed by atoms with E-state index >= 15 is 0 Å². The van der Waals surface area contributed by atoms with Crippen LogP contribution >= 0.6 is 11.8 Å². The highest BCUT2D eigenvalue weighted by molar-refractivity contribution is 7.98. The van der Waals surface area contributed by atoms with Gasteiger partial charge in [0.15, 0.2) is 11.7 Å². The highest BCUT2D eigenvalue weighted by Gasteiger charge is 2.41. The number of ketones is 1. The van der Waals surface area contributed by atoms with Crippen molar-refractivity contribution >= 4 is 106 Å². The van der Waals surface area contributed by atoms with Crippen molar-refractivity contribution in [2.45, 2.75) is 217 Å². The number of carbonyl (C=O) groups is 15. The number of hydrogen-bond donors (Lipinski definition) is 19. The maximum absolute atomic E-state index is 14.2. The van der Waals surface area contributed by atoms with E-state index in [9.17, 15) is 97.5 Å². The number of Topliss-reactive ketones (excluding diaryl/α,β-unsaturated/α-hetero) is 1. The summed E-state index contributed by atoms with van der Waals surface area (Å²) in [6.07, 6.45) is 1.24. The maximum atomic E-state index is 14.2. The molecule has 1 saturated heterocycles. The van der Waals surface area contributed by atoms with E-state index in [2.05, 4.69) is 63.1 Å². The number of carbonyl (C=O) groups excluding carboxylic acids is 11. The molecule has 0 bridgehead atoms. The fourth-order valence-electron chi connectivity index (χ4n) is 10.3. The quantitative estimate of drug-likeness (QED) is 0.0175. The summed E-state index contributed by atoms with van der Waals surface area (Å²) in [5.74, 6) is -15.1. The van der Waals surface area contributed by atoms with Gasteiger partial charge in [-0.3, -0.25) is 77.3 Å². The number of aliphatic carboxylic acids is 4. The van der Waals surface area contributed by atoms with Crippen molar-refractivity contribution < 1.29 is 97.5 Å². The minimum absolute atomic E-state index is 0.0336. The first-order chi connectivity index (χ1) is 46.3. The highest BCUT2D eigenvalue weighted by atomic mass is 32.2. The number of primary amides is 1. The lowest BCUT2D eigenvalue weighted by molar-refractivity contribution is -0.143. The molecule has 1 aromatic rings. The summed E-state index contributed by atoms with van der Waals surface area (Å²) in [4.78, 5) is 206. The number of rotatable bonds is 51. The summed E-state index contributed by atoms with van der Waals surface area (Å²) < 4.78 is 0. The number of guanidine groups is 1. The van der Waals surface area contributed by atoms with Gasteiger partial charge in [-0.1, -0.05) is 34.1 Å². The van der Waals surface area contributed by atoms with Crippen LogP contribution in [0.1, 0.15) is 155 Å². The Labute approximate surface area is 571 Å². The third kappa shape index (κ3) is 32.8. The van der Waals surface area contributed by atoms with Crippen molar-refractivity contribution in [2.24, 2.45) is 23.3 Å². The molecule has 1 aliphatic heterocycles. The second kappa shape index (κ2) is 45.5. The number of amides is 10. The molecule has 21 N–H and O–H groups in total. The molecule has 98 heavy (non-hydrogen) atoms. The molecule has 36 nitrogen and oxygen atoms in total. The molecule has 1 aliphatic rings. The lowest BCUT2D eigenvalue weighted by atomic mass is 9.99. The zero-order valence-electron chi connectivity index (χ0n) is 56.1. The molecule has 10 amide bonds. The number of hydrogen-bond acceptors (Lipinski definition) is 20. The number of aliphatic hydroxyl groups is 1. The predicted octanol–water partition coefficient (Wildman–Crippen LogP) is -3.05. The molecule has 1 aromatic heterocycles. The third-order valence-corrected chi connectivity index (χ3v) is 16.6. The van der Waals surface area contributed by atoms with E-state index in [1.807, 2.05) is 13.8 Å². The van der Waals surface area contributed by atoms with Crippen LogP contribution in [-0.4, -0.2) is 234 Å². The van der Waals surface area contributed by atoms with Gasteiger partial charge in [-0.05, 0) is 107 Å². The fraction of sp³-hybridized carbons (Fsp3) is 0.689. The van der Waals surface area contributed by atoms with E-state index in [0.29, 0.717) is 24.3 Å². The van der Waals surface area contributed by atoms with Gasteiger partial charge in [-0.15, -0.1) is 0 Å². The van der Waals surface area contributed by atoms with Crippen molar-refractivity contribution in [2.75, 3.05) is 38.2 Å². The number of carboxylic acid groups (broad SMARTS) is 4. The lowest BCUT2D eigenvalue weighted by Gasteiger charge is -2.31. The fourth-order valence-corrected chi connectivity index (χ4v) is 10.7. The van der Waals surface area contributed by atoms with E-state index in [1.165, 1.54) is 29.2 Å².